The van der Waals surface area contributed by atoms with Crippen molar-refractivity contribution in [3.8, 4) is 0 Å². The fourth-order valence-electron chi connectivity index (χ4n) is 2.70. The van der Waals surface area contributed by atoms with Crippen LogP contribution in [-0.4, -0.2) is 19.3 Å². The minimum absolute atomic E-state index is 0.326. The second-order valence-corrected chi connectivity index (χ2v) is 7.24. The van der Waals surface area contributed by atoms with Crippen LogP contribution in [0.3, 0.4) is 0 Å². The summed E-state index contributed by atoms with van der Waals surface area (Å²) in [5, 5.41) is 3.53. The third-order valence-electron chi connectivity index (χ3n) is 3.89. The first-order valence-electron chi connectivity index (χ1n) is 7.47. The van der Waals surface area contributed by atoms with E-state index in [4.69, 9.17) is 4.74 Å². The van der Waals surface area contributed by atoms with E-state index in [0.717, 1.165) is 22.1 Å². The molecule has 0 aromatic heterocycles. The number of nitrogens with one attached hydrogen (secondary N) is 1. The highest BCUT2D eigenvalue weighted by Gasteiger charge is 2.14. The molecule has 2 rings (SSSR count). The van der Waals surface area contributed by atoms with Crippen molar-refractivity contribution in [2.24, 2.45) is 0 Å². The van der Waals surface area contributed by atoms with Crippen molar-refractivity contribution in [1.29, 1.82) is 0 Å². The lowest BCUT2D eigenvalue weighted by Gasteiger charge is -2.23. The summed E-state index contributed by atoms with van der Waals surface area (Å²) < 4.78 is 8.17. The summed E-state index contributed by atoms with van der Waals surface area (Å²) in [6.45, 7) is 3.90. The maximum absolute atomic E-state index is 5.94. The first-order valence-corrected chi connectivity index (χ1v) is 9.05. The summed E-state index contributed by atoms with van der Waals surface area (Å²) in [5.74, 6) is 0. The molecule has 0 aliphatic heterocycles. The van der Waals surface area contributed by atoms with Gasteiger partial charge in [0.1, 0.15) is 0 Å². The Morgan fingerprint density at radius 2 is 2.00 bits per heavy atom. The van der Waals surface area contributed by atoms with E-state index >= 15 is 0 Å². The summed E-state index contributed by atoms with van der Waals surface area (Å²) in [6.07, 6.45) is 7.04. The monoisotopic (exact) mass is 403 g/mol. The average molecular weight is 405 g/mol. The molecule has 0 bridgehead atoms. The molecule has 1 atom stereocenters. The Morgan fingerprint density at radius 3 is 2.70 bits per heavy atom. The molecule has 0 heterocycles. The van der Waals surface area contributed by atoms with E-state index in [1.165, 1.54) is 37.7 Å². The van der Waals surface area contributed by atoms with Crippen molar-refractivity contribution < 1.29 is 4.74 Å². The summed E-state index contributed by atoms with van der Waals surface area (Å²) in [5.41, 5.74) is 1.28. The third-order valence-corrected chi connectivity index (χ3v) is 5.07. The second-order valence-electron chi connectivity index (χ2n) is 5.47. The summed E-state index contributed by atoms with van der Waals surface area (Å²) in [4.78, 5) is 0. The van der Waals surface area contributed by atoms with Gasteiger partial charge >= 0.3 is 0 Å². The van der Waals surface area contributed by atoms with Crippen LogP contribution in [0.1, 0.15) is 50.6 Å². The normalized spacial score (nSPS) is 18.1. The van der Waals surface area contributed by atoms with Crippen molar-refractivity contribution >= 4 is 31.9 Å². The molecule has 20 heavy (non-hydrogen) atoms. The van der Waals surface area contributed by atoms with Crippen LogP contribution < -0.4 is 5.32 Å². The van der Waals surface area contributed by atoms with Gasteiger partial charge < -0.3 is 10.1 Å². The Bertz CT molecular complexity index is 419. The van der Waals surface area contributed by atoms with Gasteiger partial charge in [-0.2, -0.15) is 0 Å². The molecule has 1 aromatic rings. The molecule has 1 unspecified atom stereocenters. The van der Waals surface area contributed by atoms with Gasteiger partial charge in [0.2, 0.25) is 0 Å². The zero-order valence-electron chi connectivity index (χ0n) is 12.0. The van der Waals surface area contributed by atoms with Gasteiger partial charge in [-0.25, -0.2) is 0 Å². The topological polar surface area (TPSA) is 21.3 Å². The lowest BCUT2D eigenvalue weighted by Crippen LogP contribution is -2.26. The molecule has 1 aromatic carbocycles. The van der Waals surface area contributed by atoms with Gasteiger partial charge in [0.25, 0.3) is 0 Å². The van der Waals surface area contributed by atoms with Gasteiger partial charge in [-0.1, -0.05) is 57.2 Å². The highest BCUT2D eigenvalue weighted by molar-refractivity contribution is 9.11. The molecule has 0 spiro atoms. The first kappa shape index (κ1) is 16.5. The van der Waals surface area contributed by atoms with E-state index in [2.05, 4.69) is 62.3 Å². The number of benzene rings is 1. The van der Waals surface area contributed by atoms with Crippen LogP contribution in [0.4, 0.5) is 0 Å². The smallest absolute Gasteiger partial charge is 0.0594 e. The van der Waals surface area contributed by atoms with Crippen LogP contribution in [-0.2, 0) is 4.74 Å². The van der Waals surface area contributed by atoms with Crippen molar-refractivity contribution in [3.05, 3.63) is 32.7 Å². The Hall–Kier alpha value is 0.1000. The zero-order chi connectivity index (χ0) is 14.4. The van der Waals surface area contributed by atoms with Crippen molar-refractivity contribution in [2.45, 2.75) is 51.2 Å². The quantitative estimate of drug-likeness (QED) is 0.657. The van der Waals surface area contributed by atoms with Crippen LogP contribution in [0.25, 0.3) is 0 Å². The molecule has 4 heteroatoms. The Labute approximate surface area is 138 Å². The minimum atomic E-state index is 0.326. The molecule has 0 saturated heterocycles. The largest absolute Gasteiger partial charge is 0.377 e. The van der Waals surface area contributed by atoms with Gasteiger partial charge in [-0.3, -0.25) is 0 Å². The van der Waals surface area contributed by atoms with Crippen molar-refractivity contribution in [2.75, 3.05) is 13.2 Å². The molecule has 1 N–H and O–H groups in total. The van der Waals surface area contributed by atoms with Gasteiger partial charge in [-0.05, 0) is 37.5 Å². The first-order chi connectivity index (χ1) is 9.66. The Balaban J connectivity index is 1.70. The van der Waals surface area contributed by atoms with Crippen molar-refractivity contribution in [3.63, 3.8) is 0 Å². The standard InChI is InChI=1S/C16H23Br2NO/c1-12(15-8-7-13(17)11-16(15)18)19-9-10-20-14-5-3-2-4-6-14/h7-8,11-12,14,19H,2-6,9-10H2,1H3. The van der Waals surface area contributed by atoms with Gasteiger partial charge in [0.15, 0.2) is 0 Å². The lowest BCUT2D eigenvalue weighted by atomic mass is 9.98. The fraction of sp³-hybridized carbons (Fsp3) is 0.625. The molecule has 2 nitrogen and oxygen atoms in total. The predicted molar refractivity (Wildman–Crippen MR) is 91.1 cm³/mol. The van der Waals surface area contributed by atoms with E-state index < -0.39 is 0 Å². The van der Waals surface area contributed by atoms with E-state index in [0.29, 0.717) is 12.1 Å². The summed E-state index contributed by atoms with van der Waals surface area (Å²) in [7, 11) is 0. The third kappa shape index (κ3) is 5.14. The molecule has 0 radical (unpaired) electrons. The van der Waals surface area contributed by atoms with E-state index in [1.54, 1.807) is 0 Å². The maximum atomic E-state index is 5.94. The molecule has 112 valence electrons. The lowest BCUT2D eigenvalue weighted by molar-refractivity contribution is 0.0295. The number of rotatable bonds is 6. The van der Waals surface area contributed by atoms with Crippen LogP contribution in [0, 0.1) is 0 Å². The van der Waals surface area contributed by atoms with Gasteiger partial charge in [0, 0.05) is 21.5 Å². The van der Waals surface area contributed by atoms with Crippen molar-refractivity contribution in [1.82, 2.24) is 5.32 Å². The molecule has 1 aliphatic carbocycles. The zero-order valence-corrected chi connectivity index (χ0v) is 15.2. The fourth-order valence-corrected chi connectivity index (χ4v) is 4.09. The van der Waals surface area contributed by atoms with Gasteiger partial charge in [-0.15, -0.1) is 0 Å². The molecular weight excluding hydrogens is 382 g/mol. The minimum Gasteiger partial charge on any atom is -0.377 e. The van der Waals surface area contributed by atoms with E-state index in [-0.39, 0.29) is 0 Å². The summed E-state index contributed by atoms with van der Waals surface area (Å²) in [6, 6.07) is 6.64. The highest BCUT2D eigenvalue weighted by atomic mass is 79.9. The summed E-state index contributed by atoms with van der Waals surface area (Å²) >= 11 is 7.10. The molecular formula is C16H23Br2NO. The second kappa shape index (κ2) is 8.52. The number of hydrogen-bond acceptors (Lipinski definition) is 2. The van der Waals surface area contributed by atoms with Crippen LogP contribution in [0.2, 0.25) is 0 Å². The Kier molecular flexibility index (Phi) is 7.02. The number of halogens is 2. The van der Waals surface area contributed by atoms with Crippen LogP contribution in [0.15, 0.2) is 27.1 Å². The van der Waals surface area contributed by atoms with Gasteiger partial charge in [0.05, 0.1) is 12.7 Å². The predicted octanol–water partition coefficient (Wildman–Crippen LogP) is 5.21. The Morgan fingerprint density at radius 1 is 1.25 bits per heavy atom. The van der Waals surface area contributed by atoms with Crippen LogP contribution >= 0.6 is 31.9 Å². The van der Waals surface area contributed by atoms with Crippen LogP contribution in [0.5, 0.6) is 0 Å². The highest BCUT2D eigenvalue weighted by Crippen LogP contribution is 2.26. The number of hydrogen-bond donors (Lipinski definition) is 1. The molecule has 0 amide bonds. The van der Waals surface area contributed by atoms with E-state index in [9.17, 15) is 0 Å². The SMILES string of the molecule is CC(NCCOC1CCCCC1)c1ccc(Br)cc1Br. The number of ether oxygens (including phenoxy) is 1. The molecule has 1 saturated carbocycles. The average Bonchev–Trinajstić information content (AvgIpc) is 2.44. The van der Waals surface area contributed by atoms with E-state index in [1.807, 2.05) is 0 Å². The maximum Gasteiger partial charge on any atom is 0.0594 e. The molecule has 1 aliphatic rings. The molecule has 1 fully saturated rings.